The monoisotopic (exact) mass is 417 g/mol. The summed E-state index contributed by atoms with van der Waals surface area (Å²) in [5.41, 5.74) is 0.529. The van der Waals surface area contributed by atoms with Gasteiger partial charge in [-0.05, 0) is 46.1 Å². The summed E-state index contributed by atoms with van der Waals surface area (Å²) >= 11 is 0. The first-order valence-corrected chi connectivity index (χ1v) is 10.9. The second-order valence-electron chi connectivity index (χ2n) is 8.94. The fourth-order valence-corrected chi connectivity index (χ4v) is 5.21. The van der Waals surface area contributed by atoms with E-state index in [9.17, 15) is 9.59 Å². The Hall–Kier alpha value is -2.28. The number of rotatable bonds is 5. The third-order valence-corrected chi connectivity index (χ3v) is 6.65. The van der Waals surface area contributed by atoms with E-state index < -0.39 is 11.6 Å². The zero-order valence-corrected chi connectivity index (χ0v) is 17.9. The number of piperidine rings is 1. The van der Waals surface area contributed by atoms with Gasteiger partial charge in [-0.15, -0.1) is 0 Å². The predicted octanol–water partition coefficient (Wildman–Crippen LogP) is 3.56. The first-order chi connectivity index (χ1) is 14.3. The predicted molar refractivity (Wildman–Crippen MR) is 110 cm³/mol. The van der Waals surface area contributed by atoms with Gasteiger partial charge < -0.3 is 24.2 Å². The van der Waals surface area contributed by atoms with Gasteiger partial charge in [0, 0.05) is 24.4 Å². The fraction of sp³-hybridized carbons (Fsp3) is 0.652. The lowest BCUT2D eigenvalue weighted by molar-refractivity contribution is -0.193. The number of carboxylic acids is 1. The minimum atomic E-state index is -0.944. The molecule has 7 heteroatoms. The summed E-state index contributed by atoms with van der Waals surface area (Å²) in [5.74, 6) is 0.537. The van der Waals surface area contributed by atoms with Crippen molar-refractivity contribution < 1.29 is 28.9 Å². The number of para-hydroxylation sites is 1. The second-order valence-corrected chi connectivity index (χ2v) is 8.94. The average molecular weight is 418 g/mol. The van der Waals surface area contributed by atoms with E-state index in [4.69, 9.17) is 19.3 Å². The van der Waals surface area contributed by atoms with E-state index in [1.54, 1.807) is 0 Å². The molecule has 2 fully saturated rings. The Morgan fingerprint density at radius 1 is 1.30 bits per heavy atom. The van der Waals surface area contributed by atoms with Gasteiger partial charge in [-0.1, -0.05) is 12.1 Å². The summed E-state index contributed by atoms with van der Waals surface area (Å²) in [6.45, 7) is 7.31. The number of likely N-dealkylation sites (tertiary alicyclic amines) is 1. The van der Waals surface area contributed by atoms with Crippen molar-refractivity contribution >= 4 is 11.9 Å². The van der Waals surface area contributed by atoms with Crippen molar-refractivity contribution in [3.63, 3.8) is 0 Å². The lowest BCUT2D eigenvalue weighted by Crippen LogP contribution is -2.60. The number of carboxylic acid groups (broad SMARTS) is 1. The van der Waals surface area contributed by atoms with Gasteiger partial charge in [0.2, 0.25) is 5.91 Å². The molecule has 1 aromatic rings. The zero-order valence-electron chi connectivity index (χ0n) is 17.9. The van der Waals surface area contributed by atoms with E-state index in [2.05, 4.69) is 13.8 Å². The molecule has 1 amide bonds. The van der Waals surface area contributed by atoms with Crippen molar-refractivity contribution in [2.45, 2.75) is 76.7 Å². The van der Waals surface area contributed by atoms with Gasteiger partial charge in [-0.2, -0.15) is 0 Å². The molecule has 1 aromatic carbocycles. The Balaban J connectivity index is 1.61. The minimum Gasteiger partial charge on any atom is -0.490 e. The van der Waals surface area contributed by atoms with Gasteiger partial charge >= 0.3 is 5.97 Å². The molecule has 0 radical (unpaired) electrons. The van der Waals surface area contributed by atoms with Crippen LogP contribution >= 0.6 is 0 Å². The molecule has 0 spiro atoms. The quantitative estimate of drug-likeness (QED) is 0.789. The molecule has 3 aliphatic rings. The lowest BCUT2D eigenvalue weighted by Gasteiger charge is -2.54. The summed E-state index contributed by atoms with van der Waals surface area (Å²) in [4.78, 5) is 25.5. The van der Waals surface area contributed by atoms with E-state index in [0.717, 1.165) is 36.3 Å². The number of benzene rings is 1. The summed E-state index contributed by atoms with van der Waals surface area (Å²) in [7, 11) is 0. The Bertz CT molecular complexity index is 822. The molecule has 3 heterocycles. The molecule has 3 aliphatic heterocycles. The Kier molecular flexibility index (Phi) is 5.66. The third-order valence-electron chi connectivity index (χ3n) is 6.65. The van der Waals surface area contributed by atoms with Crippen LogP contribution in [0.15, 0.2) is 18.2 Å². The molecule has 1 N–H and O–H groups in total. The van der Waals surface area contributed by atoms with Crippen molar-refractivity contribution in [3.05, 3.63) is 23.8 Å². The molecule has 4 atom stereocenters. The van der Waals surface area contributed by atoms with E-state index in [1.807, 2.05) is 30.0 Å². The minimum absolute atomic E-state index is 0.0348. The number of hydrogen-bond donors (Lipinski definition) is 1. The highest BCUT2D eigenvalue weighted by Crippen LogP contribution is 2.54. The number of amides is 1. The van der Waals surface area contributed by atoms with Crippen LogP contribution in [0.2, 0.25) is 0 Å². The van der Waals surface area contributed by atoms with E-state index in [-0.39, 0.29) is 42.9 Å². The van der Waals surface area contributed by atoms with Crippen molar-refractivity contribution in [1.29, 1.82) is 0 Å². The largest absolute Gasteiger partial charge is 0.490 e. The first kappa shape index (κ1) is 21.0. The van der Waals surface area contributed by atoms with Gasteiger partial charge in [0.05, 0.1) is 31.3 Å². The summed E-state index contributed by atoms with van der Waals surface area (Å²) < 4.78 is 18.9. The summed E-state index contributed by atoms with van der Waals surface area (Å²) in [5, 5.41) is 8.95. The van der Waals surface area contributed by atoms with Crippen LogP contribution in [0.5, 0.6) is 11.5 Å². The lowest BCUT2D eigenvalue weighted by atomic mass is 9.72. The highest BCUT2D eigenvalue weighted by Gasteiger charge is 2.53. The van der Waals surface area contributed by atoms with Crippen LogP contribution in [0.25, 0.3) is 0 Å². The maximum Gasteiger partial charge on any atom is 0.303 e. The molecule has 0 aliphatic carbocycles. The van der Waals surface area contributed by atoms with E-state index in [0.29, 0.717) is 13.2 Å². The zero-order chi connectivity index (χ0) is 21.5. The van der Waals surface area contributed by atoms with E-state index in [1.165, 1.54) is 0 Å². The fourth-order valence-electron chi connectivity index (χ4n) is 5.21. The second kappa shape index (κ2) is 8.10. The first-order valence-electron chi connectivity index (χ1n) is 10.9. The Morgan fingerprint density at radius 2 is 2.10 bits per heavy atom. The molecule has 0 saturated carbocycles. The van der Waals surface area contributed by atoms with Gasteiger partial charge in [-0.3, -0.25) is 9.59 Å². The number of carbonyl (C=O) groups is 2. The standard InChI is InChI=1S/C23H31NO6/c1-4-28-18-8-5-7-14-21-15(23(2,3)30-22(14)18)13-16-17(29-21)9-6-12-24(16)19(25)10-11-20(26)27/h5,7-8,15-17,21H,4,6,9-13H2,1-3H3,(H,26,27)/t15-,16-,17-,21+/m1/s1. The molecule has 164 valence electrons. The molecule has 2 saturated heterocycles. The molecule has 4 rings (SSSR count). The van der Waals surface area contributed by atoms with Gasteiger partial charge in [0.25, 0.3) is 0 Å². The van der Waals surface area contributed by atoms with E-state index >= 15 is 0 Å². The highest BCUT2D eigenvalue weighted by atomic mass is 16.5. The van der Waals surface area contributed by atoms with Crippen LogP contribution in [-0.4, -0.2) is 52.8 Å². The smallest absolute Gasteiger partial charge is 0.303 e. The highest BCUT2D eigenvalue weighted by molar-refractivity contribution is 5.81. The topological polar surface area (TPSA) is 85.3 Å². The van der Waals surface area contributed by atoms with Crippen LogP contribution in [0.3, 0.4) is 0 Å². The van der Waals surface area contributed by atoms with Gasteiger partial charge in [-0.25, -0.2) is 0 Å². The SMILES string of the molecule is CCOc1cccc2c1OC(C)(C)[C@@H]1C[C@@H]3[C@@H](CCCN3C(=O)CCC(=O)O)O[C@@H]21. The maximum absolute atomic E-state index is 12.8. The van der Waals surface area contributed by atoms with Crippen LogP contribution in [-0.2, 0) is 14.3 Å². The number of ether oxygens (including phenoxy) is 3. The molecular formula is C23H31NO6. The number of hydrogen-bond acceptors (Lipinski definition) is 5. The number of carbonyl (C=O) groups excluding carboxylic acids is 1. The number of aliphatic carboxylic acids is 1. The normalized spacial score (nSPS) is 29.1. The number of fused-ring (bicyclic) bond motifs is 4. The maximum atomic E-state index is 12.8. The summed E-state index contributed by atoms with van der Waals surface area (Å²) in [6.07, 6.45) is 2.28. The molecular weight excluding hydrogens is 386 g/mol. The van der Waals surface area contributed by atoms with Crippen LogP contribution < -0.4 is 9.47 Å². The Labute approximate surface area is 177 Å². The molecule has 0 unspecified atom stereocenters. The molecule has 0 aromatic heterocycles. The molecule has 30 heavy (non-hydrogen) atoms. The average Bonchev–Trinajstić information content (AvgIpc) is 2.71. The summed E-state index contributed by atoms with van der Waals surface area (Å²) in [6, 6.07) is 5.90. The van der Waals surface area contributed by atoms with Crippen molar-refractivity contribution in [1.82, 2.24) is 4.90 Å². The van der Waals surface area contributed by atoms with Crippen LogP contribution in [0, 0.1) is 5.92 Å². The van der Waals surface area contributed by atoms with Crippen LogP contribution in [0.4, 0.5) is 0 Å². The van der Waals surface area contributed by atoms with Crippen molar-refractivity contribution in [2.24, 2.45) is 5.92 Å². The van der Waals surface area contributed by atoms with Gasteiger partial charge in [0.15, 0.2) is 11.5 Å². The van der Waals surface area contributed by atoms with Gasteiger partial charge in [0.1, 0.15) is 5.60 Å². The van der Waals surface area contributed by atoms with Crippen molar-refractivity contribution in [3.8, 4) is 11.5 Å². The molecule has 0 bridgehead atoms. The Morgan fingerprint density at radius 3 is 2.83 bits per heavy atom. The molecule has 7 nitrogen and oxygen atoms in total. The van der Waals surface area contributed by atoms with Crippen molar-refractivity contribution in [2.75, 3.05) is 13.2 Å². The number of nitrogens with zero attached hydrogens (tertiary/aromatic N) is 1. The third kappa shape index (κ3) is 3.75. The van der Waals surface area contributed by atoms with Crippen LogP contribution in [0.1, 0.15) is 64.5 Å².